The van der Waals surface area contributed by atoms with Crippen LogP contribution in [-0.2, 0) is 0 Å². The van der Waals surface area contributed by atoms with Gasteiger partial charge in [0.2, 0.25) is 5.88 Å². The predicted molar refractivity (Wildman–Crippen MR) is 69.9 cm³/mol. The number of carboxylic acid groups (broad SMARTS) is 1. The highest BCUT2D eigenvalue weighted by molar-refractivity contribution is 6.08. The van der Waals surface area contributed by atoms with Crippen LogP contribution in [0.5, 0.6) is 5.88 Å². The van der Waals surface area contributed by atoms with Crippen LogP contribution in [0.3, 0.4) is 0 Å². The van der Waals surface area contributed by atoms with E-state index in [9.17, 15) is 9.59 Å². The van der Waals surface area contributed by atoms with Crippen LogP contribution in [-0.4, -0.2) is 34.1 Å². The Bertz CT molecular complexity index is 658. The second-order valence-corrected chi connectivity index (χ2v) is 3.72. The van der Waals surface area contributed by atoms with Gasteiger partial charge < -0.3 is 15.2 Å². The van der Waals surface area contributed by atoms with Crippen molar-refractivity contribution in [3.63, 3.8) is 0 Å². The Balaban J connectivity index is 2.31. The molecule has 0 aliphatic carbocycles. The molecule has 0 aliphatic heterocycles. The fourth-order valence-electron chi connectivity index (χ4n) is 1.58. The van der Waals surface area contributed by atoms with Crippen LogP contribution < -0.4 is 10.1 Å². The Kier molecular flexibility index (Phi) is 3.90. The zero-order valence-electron chi connectivity index (χ0n) is 10.5. The van der Waals surface area contributed by atoms with Crippen LogP contribution in [0, 0.1) is 0 Å². The van der Waals surface area contributed by atoms with Gasteiger partial charge in [0, 0.05) is 12.4 Å². The summed E-state index contributed by atoms with van der Waals surface area (Å²) in [5.74, 6) is -1.60. The number of hydrogen-bond donors (Lipinski definition) is 2. The molecule has 0 radical (unpaired) electrons. The minimum atomic E-state index is -1.17. The molecule has 2 rings (SSSR count). The monoisotopic (exact) mass is 273 g/mol. The number of nitrogens with one attached hydrogen (secondary N) is 1. The van der Waals surface area contributed by atoms with E-state index in [2.05, 4.69) is 15.3 Å². The topological polar surface area (TPSA) is 101 Å². The lowest BCUT2D eigenvalue weighted by Crippen LogP contribution is -2.17. The van der Waals surface area contributed by atoms with Crippen molar-refractivity contribution in [1.82, 2.24) is 9.97 Å². The van der Waals surface area contributed by atoms with Gasteiger partial charge in [0.1, 0.15) is 16.9 Å². The molecular weight excluding hydrogens is 262 g/mol. The Labute approximate surface area is 114 Å². The molecule has 2 aromatic heterocycles. The largest absolute Gasteiger partial charge is 0.480 e. The van der Waals surface area contributed by atoms with Crippen molar-refractivity contribution in [3.05, 3.63) is 47.8 Å². The van der Waals surface area contributed by atoms with Crippen LogP contribution >= 0.6 is 0 Å². The van der Waals surface area contributed by atoms with E-state index >= 15 is 0 Å². The normalized spacial score (nSPS) is 9.85. The van der Waals surface area contributed by atoms with Gasteiger partial charge in [0.15, 0.2) is 0 Å². The van der Waals surface area contributed by atoms with Crippen molar-refractivity contribution >= 4 is 17.7 Å². The standard InChI is InChI=1S/C13H11N3O4/c1-20-12-9(5-3-7-15-12)11(17)16-10-8(13(18)19)4-2-6-14-10/h2-7H,1H3,(H,18,19)(H,14,16,17). The average Bonchev–Trinajstić information content (AvgIpc) is 2.47. The van der Waals surface area contributed by atoms with Gasteiger partial charge in [-0.3, -0.25) is 4.79 Å². The first-order valence-electron chi connectivity index (χ1n) is 5.62. The third kappa shape index (κ3) is 2.72. The Morgan fingerprint density at radius 2 is 1.80 bits per heavy atom. The van der Waals surface area contributed by atoms with Crippen molar-refractivity contribution in [1.29, 1.82) is 0 Å². The number of anilines is 1. The number of nitrogens with zero attached hydrogens (tertiary/aromatic N) is 2. The molecule has 0 atom stereocenters. The third-order valence-corrected chi connectivity index (χ3v) is 2.48. The van der Waals surface area contributed by atoms with E-state index in [1.54, 1.807) is 6.07 Å². The second-order valence-electron chi connectivity index (χ2n) is 3.72. The summed E-state index contributed by atoms with van der Waals surface area (Å²) >= 11 is 0. The van der Waals surface area contributed by atoms with Crippen LogP contribution in [0.4, 0.5) is 5.82 Å². The highest BCUT2D eigenvalue weighted by atomic mass is 16.5. The summed E-state index contributed by atoms with van der Waals surface area (Å²) in [7, 11) is 1.39. The first kappa shape index (κ1) is 13.5. The van der Waals surface area contributed by atoms with E-state index in [0.29, 0.717) is 0 Å². The molecule has 0 saturated heterocycles. The van der Waals surface area contributed by atoms with Gasteiger partial charge in [-0.25, -0.2) is 14.8 Å². The summed E-state index contributed by atoms with van der Waals surface area (Å²) in [5.41, 5.74) is 0.0979. The van der Waals surface area contributed by atoms with Gasteiger partial charge in [-0.15, -0.1) is 0 Å². The summed E-state index contributed by atoms with van der Waals surface area (Å²) in [6.45, 7) is 0. The summed E-state index contributed by atoms with van der Waals surface area (Å²) in [6, 6.07) is 5.92. The Hall–Kier alpha value is -2.96. The number of carboxylic acids is 1. The van der Waals surface area contributed by atoms with E-state index in [0.717, 1.165) is 0 Å². The summed E-state index contributed by atoms with van der Waals surface area (Å²) < 4.78 is 4.97. The van der Waals surface area contributed by atoms with Gasteiger partial charge >= 0.3 is 5.97 Å². The molecule has 102 valence electrons. The van der Waals surface area contributed by atoms with Crippen molar-refractivity contribution in [2.24, 2.45) is 0 Å². The highest BCUT2D eigenvalue weighted by Gasteiger charge is 2.17. The number of aromatic nitrogens is 2. The maximum Gasteiger partial charge on any atom is 0.339 e. The van der Waals surface area contributed by atoms with E-state index in [1.165, 1.54) is 37.7 Å². The highest BCUT2D eigenvalue weighted by Crippen LogP contribution is 2.17. The molecule has 0 unspecified atom stereocenters. The molecule has 1 amide bonds. The molecule has 0 aliphatic rings. The molecule has 0 aromatic carbocycles. The van der Waals surface area contributed by atoms with Crippen LogP contribution in [0.15, 0.2) is 36.7 Å². The number of carbonyl (C=O) groups is 2. The molecule has 2 N–H and O–H groups in total. The molecular formula is C13H11N3O4. The van der Waals surface area contributed by atoms with Crippen molar-refractivity contribution in [2.75, 3.05) is 12.4 Å². The molecule has 2 aromatic rings. The van der Waals surface area contributed by atoms with E-state index in [1.807, 2.05) is 0 Å². The molecule has 0 spiro atoms. The third-order valence-electron chi connectivity index (χ3n) is 2.48. The Morgan fingerprint density at radius 3 is 2.45 bits per heavy atom. The molecule has 7 heteroatoms. The number of ether oxygens (including phenoxy) is 1. The summed E-state index contributed by atoms with van der Waals surface area (Å²) in [6.07, 6.45) is 2.88. The smallest absolute Gasteiger partial charge is 0.339 e. The van der Waals surface area contributed by atoms with E-state index in [4.69, 9.17) is 9.84 Å². The fourth-order valence-corrected chi connectivity index (χ4v) is 1.58. The minimum absolute atomic E-state index is 0.0316. The maximum absolute atomic E-state index is 12.1. The Morgan fingerprint density at radius 1 is 1.15 bits per heavy atom. The zero-order valence-corrected chi connectivity index (χ0v) is 10.5. The van der Waals surface area contributed by atoms with Gasteiger partial charge in [-0.05, 0) is 24.3 Å². The maximum atomic E-state index is 12.1. The van der Waals surface area contributed by atoms with Gasteiger partial charge in [-0.2, -0.15) is 0 Å². The molecule has 0 saturated carbocycles. The minimum Gasteiger partial charge on any atom is -0.480 e. The first-order valence-corrected chi connectivity index (χ1v) is 5.62. The van der Waals surface area contributed by atoms with Gasteiger partial charge in [0.05, 0.1) is 7.11 Å². The quantitative estimate of drug-likeness (QED) is 0.873. The fraction of sp³-hybridized carbons (Fsp3) is 0.0769. The number of amides is 1. The average molecular weight is 273 g/mol. The number of pyridine rings is 2. The number of hydrogen-bond acceptors (Lipinski definition) is 5. The molecule has 20 heavy (non-hydrogen) atoms. The lowest BCUT2D eigenvalue weighted by atomic mass is 10.2. The number of rotatable bonds is 4. The van der Waals surface area contributed by atoms with Crippen molar-refractivity contribution < 1.29 is 19.4 Å². The lowest BCUT2D eigenvalue weighted by molar-refractivity contribution is 0.0697. The van der Waals surface area contributed by atoms with Gasteiger partial charge in [0.25, 0.3) is 5.91 Å². The summed E-state index contributed by atoms with van der Waals surface area (Å²) in [4.78, 5) is 30.9. The van der Waals surface area contributed by atoms with E-state index < -0.39 is 11.9 Å². The lowest BCUT2D eigenvalue weighted by Gasteiger charge is -2.09. The van der Waals surface area contributed by atoms with Crippen molar-refractivity contribution in [2.45, 2.75) is 0 Å². The molecule has 7 nitrogen and oxygen atoms in total. The predicted octanol–water partition coefficient (Wildman–Crippen LogP) is 1.44. The van der Waals surface area contributed by atoms with Crippen molar-refractivity contribution in [3.8, 4) is 5.88 Å². The number of carbonyl (C=O) groups excluding carboxylic acids is 1. The van der Waals surface area contributed by atoms with Crippen LogP contribution in [0.25, 0.3) is 0 Å². The van der Waals surface area contributed by atoms with Crippen LogP contribution in [0.1, 0.15) is 20.7 Å². The van der Waals surface area contributed by atoms with E-state index in [-0.39, 0.29) is 22.8 Å². The SMILES string of the molecule is COc1ncccc1C(=O)Nc1ncccc1C(=O)O. The second kappa shape index (κ2) is 5.79. The number of aromatic carboxylic acids is 1. The molecule has 2 heterocycles. The van der Waals surface area contributed by atoms with Crippen LogP contribution in [0.2, 0.25) is 0 Å². The summed E-state index contributed by atoms with van der Waals surface area (Å²) in [5, 5.41) is 11.5. The van der Waals surface area contributed by atoms with Gasteiger partial charge in [-0.1, -0.05) is 0 Å². The number of methoxy groups -OCH3 is 1. The zero-order chi connectivity index (χ0) is 14.5. The molecule has 0 fully saturated rings. The first-order chi connectivity index (χ1) is 9.63. The molecule has 0 bridgehead atoms.